The molecule has 4 aromatic rings. The van der Waals surface area contributed by atoms with Gasteiger partial charge < -0.3 is 9.67 Å². The number of halogens is 2. The number of rotatable bonds is 7. The molecule has 30 heavy (non-hydrogen) atoms. The Hall–Kier alpha value is -2.66. The van der Waals surface area contributed by atoms with E-state index in [0.29, 0.717) is 34.4 Å². The lowest BCUT2D eigenvalue weighted by Crippen LogP contribution is -2.16. The number of hydrogen-bond acceptors (Lipinski definition) is 3. The van der Waals surface area contributed by atoms with Crippen LogP contribution in [-0.2, 0) is 6.54 Å². The predicted octanol–water partition coefficient (Wildman–Crippen LogP) is 5.74. The van der Waals surface area contributed by atoms with Gasteiger partial charge in [-0.2, -0.15) is 0 Å². The van der Waals surface area contributed by atoms with Crippen LogP contribution in [0.1, 0.15) is 34.1 Å². The van der Waals surface area contributed by atoms with Crippen molar-refractivity contribution in [2.24, 2.45) is 0 Å². The minimum Gasteiger partial charge on any atom is -0.396 e. The molecule has 0 saturated carbocycles. The second-order valence-electron chi connectivity index (χ2n) is 7.18. The quantitative estimate of drug-likeness (QED) is 0.374. The molecule has 0 bridgehead atoms. The minimum atomic E-state index is -0.136. The van der Waals surface area contributed by atoms with E-state index >= 15 is 0 Å². The number of imidazole rings is 1. The van der Waals surface area contributed by atoms with Crippen LogP contribution < -0.4 is 0 Å². The van der Waals surface area contributed by atoms with Crippen molar-refractivity contribution in [3.8, 4) is 0 Å². The Morgan fingerprint density at radius 2 is 1.80 bits per heavy atom. The fraction of sp³-hybridized carbons (Fsp3) is 0.167. The Kier molecular flexibility index (Phi) is 6.18. The molecule has 0 saturated heterocycles. The molecule has 0 amide bonds. The maximum atomic E-state index is 13.2. The van der Waals surface area contributed by atoms with Gasteiger partial charge in [0.05, 0.1) is 10.0 Å². The molecule has 0 aliphatic heterocycles. The summed E-state index contributed by atoms with van der Waals surface area (Å²) in [5.74, 6) is 0.193. The Balaban J connectivity index is 1.63. The maximum absolute atomic E-state index is 13.2. The summed E-state index contributed by atoms with van der Waals surface area (Å²) < 4.78 is 1.83. The van der Waals surface area contributed by atoms with Gasteiger partial charge in [0.1, 0.15) is 0 Å². The number of carbonyl (C=O) groups excluding carboxylic acids is 1. The highest BCUT2D eigenvalue weighted by atomic mass is 35.5. The first-order valence-corrected chi connectivity index (χ1v) is 10.4. The zero-order valence-electron chi connectivity index (χ0n) is 16.1. The number of aromatic nitrogens is 2. The zero-order valence-corrected chi connectivity index (χ0v) is 17.6. The molecule has 3 aromatic carbocycles. The van der Waals surface area contributed by atoms with Gasteiger partial charge in [0, 0.05) is 37.0 Å². The fourth-order valence-electron chi connectivity index (χ4n) is 3.65. The van der Waals surface area contributed by atoms with Gasteiger partial charge in [-0.25, -0.2) is 4.98 Å². The molecular formula is C24H20Cl2N2O2. The van der Waals surface area contributed by atoms with Crippen molar-refractivity contribution in [3.05, 3.63) is 100 Å². The molecule has 0 spiro atoms. The maximum Gasteiger partial charge on any atom is 0.228 e. The molecule has 1 unspecified atom stereocenters. The fourth-order valence-corrected chi connectivity index (χ4v) is 3.95. The van der Waals surface area contributed by atoms with E-state index in [9.17, 15) is 9.90 Å². The number of hydrogen-bond donors (Lipinski definition) is 1. The van der Waals surface area contributed by atoms with Crippen molar-refractivity contribution in [2.45, 2.75) is 18.9 Å². The Morgan fingerprint density at radius 3 is 2.57 bits per heavy atom. The van der Waals surface area contributed by atoms with E-state index in [4.69, 9.17) is 23.2 Å². The molecule has 6 heteroatoms. The number of ketones is 1. The average Bonchev–Trinajstić information content (AvgIpc) is 3.22. The summed E-state index contributed by atoms with van der Waals surface area (Å²) in [6.45, 7) is 0.515. The van der Waals surface area contributed by atoms with Crippen molar-refractivity contribution < 1.29 is 9.90 Å². The molecule has 1 N–H and O–H groups in total. The Bertz CT molecular complexity index is 1200. The van der Waals surface area contributed by atoms with Gasteiger partial charge in [0.15, 0.2) is 5.82 Å². The number of nitrogens with zero attached hydrogens (tertiary/aromatic N) is 2. The third-order valence-corrected chi connectivity index (χ3v) is 5.98. The normalized spacial score (nSPS) is 12.2. The second kappa shape index (κ2) is 9.00. The molecule has 0 aliphatic rings. The molecule has 1 heterocycles. The standard InChI is InChI=1S/C24H20Cl2N2O2/c25-21-8-7-18(14-22(21)26)20(9-12-29)15-28-11-10-27-24(28)23(30)19-6-5-16-3-1-2-4-17(16)13-19/h1-8,10-11,13-14,20,29H,9,12,15H2. The summed E-state index contributed by atoms with van der Waals surface area (Å²) in [4.78, 5) is 17.5. The van der Waals surface area contributed by atoms with E-state index in [-0.39, 0.29) is 18.3 Å². The number of aliphatic hydroxyl groups excluding tert-OH is 1. The molecule has 0 fully saturated rings. The highest BCUT2D eigenvalue weighted by molar-refractivity contribution is 6.42. The zero-order chi connectivity index (χ0) is 21.1. The largest absolute Gasteiger partial charge is 0.396 e. The van der Waals surface area contributed by atoms with Crippen molar-refractivity contribution in [1.82, 2.24) is 9.55 Å². The van der Waals surface area contributed by atoms with Gasteiger partial charge in [0.2, 0.25) is 5.78 Å². The molecule has 4 nitrogen and oxygen atoms in total. The average molecular weight is 439 g/mol. The van der Waals surface area contributed by atoms with Crippen LogP contribution in [-0.4, -0.2) is 27.0 Å². The van der Waals surface area contributed by atoms with Crippen LogP contribution >= 0.6 is 23.2 Å². The van der Waals surface area contributed by atoms with Crippen LogP contribution in [0.4, 0.5) is 0 Å². The topological polar surface area (TPSA) is 55.1 Å². The van der Waals surface area contributed by atoms with Gasteiger partial charge >= 0.3 is 0 Å². The first-order chi connectivity index (χ1) is 14.6. The van der Waals surface area contributed by atoms with E-state index in [0.717, 1.165) is 16.3 Å². The summed E-state index contributed by atoms with van der Waals surface area (Å²) in [5, 5.41) is 12.6. The van der Waals surface area contributed by atoms with E-state index in [2.05, 4.69) is 4.98 Å². The number of fused-ring (bicyclic) bond motifs is 1. The minimum absolute atomic E-state index is 0.0214. The van der Waals surface area contributed by atoms with Gasteiger partial charge in [-0.3, -0.25) is 4.79 Å². The third-order valence-electron chi connectivity index (χ3n) is 5.24. The van der Waals surface area contributed by atoms with Gasteiger partial charge in [0.25, 0.3) is 0 Å². The van der Waals surface area contributed by atoms with Gasteiger partial charge in [-0.15, -0.1) is 0 Å². The number of carbonyl (C=O) groups is 1. The number of benzene rings is 3. The molecule has 0 radical (unpaired) electrons. The molecule has 152 valence electrons. The lowest BCUT2D eigenvalue weighted by Gasteiger charge is -2.19. The first kappa shape index (κ1) is 20.6. The third kappa shape index (κ3) is 4.26. The summed E-state index contributed by atoms with van der Waals surface area (Å²) in [7, 11) is 0. The highest BCUT2D eigenvalue weighted by Crippen LogP contribution is 2.29. The molecule has 1 aromatic heterocycles. The Labute approximate surface area is 184 Å². The van der Waals surface area contributed by atoms with E-state index in [1.54, 1.807) is 18.5 Å². The molecule has 1 atom stereocenters. The van der Waals surface area contributed by atoms with Crippen LogP contribution in [0.25, 0.3) is 10.8 Å². The molecule has 4 rings (SSSR count). The molecule has 0 aliphatic carbocycles. The van der Waals surface area contributed by atoms with Crippen LogP contribution in [0, 0.1) is 0 Å². The predicted molar refractivity (Wildman–Crippen MR) is 121 cm³/mol. The van der Waals surface area contributed by atoms with Crippen LogP contribution in [0.3, 0.4) is 0 Å². The van der Waals surface area contributed by atoms with Gasteiger partial charge in [-0.1, -0.05) is 65.7 Å². The summed E-state index contributed by atoms with van der Waals surface area (Å²) >= 11 is 12.2. The van der Waals surface area contributed by atoms with Crippen molar-refractivity contribution in [2.75, 3.05) is 6.61 Å². The van der Waals surface area contributed by atoms with Gasteiger partial charge in [-0.05, 0) is 41.0 Å². The SMILES string of the molecule is O=C(c1ccc2ccccc2c1)c1nccn1CC(CCO)c1ccc(Cl)c(Cl)c1. The van der Waals surface area contributed by atoms with E-state index in [1.807, 2.05) is 59.2 Å². The monoisotopic (exact) mass is 438 g/mol. The lowest BCUT2D eigenvalue weighted by atomic mass is 9.95. The van der Waals surface area contributed by atoms with E-state index < -0.39 is 0 Å². The van der Waals surface area contributed by atoms with Crippen molar-refractivity contribution in [1.29, 1.82) is 0 Å². The highest BCUT2D eigenvalue weighted by Gasteiger charge is 2.20. The van der Waals surface area contributed by atoms with E-state index in [1.165, 1.54) is 0 Å². The molecular weight excluding hydrogens is 419 g/mol. The lowest BCUT2D eigenvalue weighted by molar-refractivity contribution is 0.102. The summed E-state index contributed by atoms with van der Waals surface area (Å²) in [6.07, 6.45) is 3.94. The number of aliphatic hydroxyl groups is 1. The smallest absolute Gasteiger partial charge is 0.228 e. The van der Waals surface area contributed by atoms with Crippen LogP contribution in [0.5, 0.6) is 0 Å². The summed E-state index contributed by atoms with van der Waals surface area (Å²) in [5.41, 5.74) is 1.55. The van der Waals surface area contributed by atoms with Crippen LogP contribution in [0.2, 0.25) is 10.0 Å². The summed E-state index contributed by atoms with van der Waals surface area (Å²) in [6, 6.07) is 19.0. The van der Waals surface area contributed by atoms with Crippen molar-refractivity contribution >= 4 is 39.8 Å². The van der Waals surface area contributed by atoms with Crippen LogP contribution in [0.15, 0.2) is 73.1 Å². The first-order valence-electron chi connectivity index (χ1n) is 9.67. The second-order valence-corrected chi connectivity index (χ2v) is 7.99. The Morgan fingerprint density at radius 1 is 1.00 bits per heavy atom. The van der Waals surface area contributed by atoms with Crippen molar-refractivity contribution in [3.63, 3.8) is 0 Å².